The van der Waals surface area contributed by atoms with Gasteiger partial charge < -0.3 is 39.8 Å². The van der Waals surface area contributed by atoms with Crippen LogP contribution in [0.5, 0.6) is 0 Å². The van der Waals surface area contributed by atoms with Gasteiger partial charge in [0.05, 0.1) is 68.6 Å². The van der Waals surface area contributed by atoms with Crippen molar-refractivity contribution in [2.45, 2.75) is 88.0 Å². The van der Waals surface area contributed by atoms with Crippen molar-refractivity contribution in [3.63, 3.8) is 0 Å². The third-order valence-corrected chi connectivity index (χ3v) is 28.1. The van der Waals surface area contributed by atoms with Crippen LogP contribution in [-0.2, 0) is 87.5 Å². The molecule has 0 spiro atoms. The number of imidazole rings is 6. The van der Waals surface area contributed by atoms with E-state index in [0.29, 0.717) is 5.82 Å². The Morgan fingerprint density at radius 2 is 0.792 bits per heavy atom. The van der Waals surface area contributed by atoms with E-state index in [-0.39, 0.29) is 127 Å². The molecule has 0 N–H and O–H groups in total. The van der Waals surface area contributed by atoms with E-state index < -0.39 is 30.3 Å². The molecule has 0 saturated heterocycles. The molecule has 19 nitrogen and oxygen atoms in total. The average molecular weight is 2370 g/mol. The molecule has 0 aliphatic carbocycles. The molecule has 0 saturated carbocycles. The molecule has 0 radical (unpaired) electrons. The number of benzene rings is 10. The average Bonchev–Trinajstić information content (AvgIpc) is 1.62. The number of hydrogen-bond acceptors (Lipinski definition) is 10. The van der Waals surface area contributed by atoms with E-state index in [1.165, 1.54) is 76.6 Å². The van der Waals surface area contributed by atoms with Crippen molar-refractivity contribution >= 4 is 93.8 Å². The van der Waals surface area contributed by atoms with Crippen molar-refractivity contribution < 1.29 is 150 Å². The number of aryl methyl sites for hydroxylation is 9. The topological polar surface area (TPSA) is 171 Å². The van der Waals surface area contributed by atoms with Crippen LogP contribution in [0.4, 0.5) is 14.5 Å². The molecule has 34 heteroatoms. The van der Waals surface area contributed by atoms with Crippen LogP contribution in [0.25, 0.3) is 90.9 Å². The third kappa shape index (κ3) is 33.7. The molecule has 0 fully saturated rings. The Kier molecular flexibility index (Phi) is 54.7. The molecule has 10 aromatic carbocycles. The summed E-state index contributed by atoms with van der Waals surface area (Å²) >= 11 is 6.71. The Balaban J connectivity index is 0.000000295. The predicted octanol–water partition coefficient (Wildman–Crippen LogP) is 9.97. The van der Waals surface area contributed by atoms with Gasteiger partial charge in [-0.25, -0.2) is 8.78 Å². The zero-order valence-electron chi connectivity index (χ0n) is 85.5. The Morgan fingerprint density at radius 1 is 0.417 bits per heavy atom. The van der Waals surface area contributed by atoms with Crippen molar-refractivity contribution in [3.05, 3.63) is 440 Å². The number of halogens is 6. The molecule has 9 aromatic heterocycles. The standard InChI is InChI=1S/C23H22N4.C21H18N4.2C17H15N2.C11H11N2.C9H6F2N3.C9H8N2.3CH3.BrH.2ClH.HI.4Li.Mg.Sn.3Zn/c1-23(2,19-15-26(3)21(24-19)17-11-7-5-8-12-17)20-16-27(4)22(25-20)18-13-9-6-10-14-18;1-21(2,19-13-15-24(22-19)17-9-5-3-6-10-17)20-14-16-25(23-20)18-11-7-4-8-12-18;2*1-13-7-6-8-14(2)16(13)19-12-11-18-17(19)15-9-4-3-5-10-15;1-9-12-11(8-13(9)2)10-6-4-3-5-7-10;1-14-5-4-12-9(14)6-2-3-7(10)13-8(6)11;1-2-5-9(6-3-1)11-8-4-7-10-11;;;;;;;;;;;;;;;;/h5-11,13,15-16H,1-4H3;3-9,11,13-16H,1-2H3;2*3-9,11-12H,1-2H3;3-6,8H,1-2H3;3-5H,1H3;1-5,7H,8H2;3*1H3;4*1H;;;;;;;;;/q2*-2;4*-1;+1;;;;;;;;4*+1;+2;;3*+2/p-4. The first-order valence-electron chi connectivity index (χ1n) is 44.1. The normalized spacial score (nSPS) is 10.7. The number of azo groups is 2. The quantitative estimate of drug-likeness (QED) is 0.0300. The second-order valence-electron chi connectivity index (χ2n) is 33.6. The summed E-state index contributed by atoms with van der Waals surface area (Å²) in [6.07, 6.45) is 24.9. The molecule has 10 heterocycles. The summed E-state index contributed by atoms with van der Waals surface area (Å²) in [6.45, 7) is 20.0. The van der Waals surface area contributed by atoms with Gasteiger partial charge in [0.1, 0.15) is 11.9 Å². The van der Waals surface area contributed by atoms with E-state index in [4.69, 9.17) is 29.9 Å². The number of pyridine rings is 1. The molecular weight excluding hydrogens is 2270 g/mol. The monoisotopic (exact) mass is 2370 g/mol. The fourth-order valence-electron chi connectivity index (χ4n) is 15.0. The van der Waals surface area contributed by atoms with Gasteiger partial charge in [-0.1, -0.05) is 48.0 Å². The van der Waals surface area contributed by atoms with Crippen LogP contribution in [0.3, 0.4) is 0 Å². The summed E-state index contributed by atoms with van der Waals surface area (Å²) < 4.78 is 45.0. The Morgan fingerprint density at radius 3 is 1.15 bits per heavy atom. The molecule has 0 unspecified atom stereocenters. The van der Waals surface area contributed by atoms with Crippen LogP contribution in [0, 0.1) is 95.0 Å². The molecule has 20 rings (SSSR count). The van der Waals surface area contributed by atoms with E-state index in [0.717, 1.165) is 127 Å². The third-order valence-electron chi connectivity index (χ3n) is 22.3. The molecule has 0 amide bonds. The number of para-hydroxylation sites is 5. The van der Waals surface area contributed by atoms with Gasteiger partial charge in [-0.15, -0.1) is 198 Å². The summed E-state index contributed by atoms with van der Waals surface area (Å²) in [7, 11) is 12.5. The predicted molar refractivity (Wildman–Crippen MR) is 556 cm³/mol. The minimum absolute atomic E-state index is 0. The summed E-state index contributed by atoms with van der Waals surface area (Å²) in [6, 6.07) is 107. The van der Waals surface area contributed by atoms with Crippen LogP contribution in [0.2, 0.25) is 14.8 Å². The minimum atomic E-state index is -2.01. The van der Waals surface area contributed by atoms with Gasteiger partial charge in [0, 0.05) is 107 Å². The maximum absolute atomic E-state index is 13.2. The Labute approximate surface area is 972 Å². The molecule has 19 aromatic rings. The summed E-state index contributed by atoms with van der Waals surface area (Å²) in [5.41, 5.74) is 19.9. The fourth-order valence-corrected chi connectivity index (χ4v) is 19.5. The van der Waals surface area contributed by atoms with Crippen LogP contribution < -0.4 is 91.4 Å². The fraction of sp³-hybridized carbons (Fsp3) is 0.173. The number of hydrogen-bond donors (Lipinski definition) is 0. The molecule has 0 bridgehead atoms. The number of rotatable bonds is 16. The summed E-state index contributed by atoms with van der Waals surface area (Å²) in [4.78, 5) is 37.5. The molecule has 144 heavy (non-hydrogen) atoms. The van der Waals surface area contributed by atoms with Gasteiger partial charge in [0.2, 0.25) is 0 Å². The second-order valence-corrected chi connectivity index (χ2v) is 48.0. The van der Waals surface area contributed by atoms with Crippen LogP contribution in [0.1, 0.15) is 78.5 Å². The number of aromatic nitrogens is 17. The van der Waals surface area contributed by atoms with Gasteiger partial charge in [0.25, 0.3) is 0 Å². The van der Waals surface area contributed by atoms with Crippen molar-refractivity contribution in [2.24, 2.45) is 33.3 Å². The van der Waals surface area contributed by atoms with Gasteiger partial charge >= 0.3 is 285 Å². The zero-order valence-corrected chi connectivity index (χ0v) is 104. The molecule has 1 aliphatic heterocycles. The van der Waals surface area contributed by atoms with E-state index in [1.54, 1.807) is 21.4 Å². The van der Waals surface area contributed by atoms with Crippen molar-refractivity contribution in [1.82, 2.24) is 81.9 Å². The Bertz CT molecular complexity index is 6770. The van der Waals surface area contributed by atoms with E-state index in [2.05, 4.69) is 284 Å². The van der Waals surface area contributed by atoms with Gasteiger partial charge in [-0.05, 0) is 114 Å². The van der Waals surface area contributed by atoms with Crippen molar-refractivity contribution in [3.8, 4) is 90.9 Å². The molecule has 1 aliphatic rings. The van der Waals surface area contributed by atoms with E-state index in [9.17, 15) is 8.78 Å². The second kappa shape index (κ2) is 62.3. The maximum atomic E-state index is 13.2. The first-order chi connectivity index (χ1) is 66.7. The Hall–Kier alpha value is -8.16. The summed E-state index contributed by atoms with van der Waals surface area (Å²) in [5, 5.41) is 13.8. The van der Waals surface area contributed by atoms with Crippen LogP contribution in [0.15, 0.2) is 334 Å². The van der Waals surface area contributed by atoms with Gasteiger partial charge in [0.15, 0.2) is 0 Å². The molecular formula is C110H104BrCl2F2ILi4MgN19SnZn3+. The zero-order chi connectivity index (χ0) is 99.1. The summed E-state index contributed by atoms with van der Waals surface area (Å²) in [5.74, 6) is 3.27. The first kappa shape index (κ1) is 126. The van der Waals surface area contributed by atoms with Crippen LogP contribution in [-0.4, -0.2) is 135 Å². The van der Waals surface area contributed by atoms with Crippen molar-refractivity contribution in [1.29, 1.82) is 0 Å². The van der Waals surface area contributed by atoms with Gasteiger partial charge in [-0.2, -0.15) is 58.7 Å². The van der Waals surface area contributed by atoms with Gasteiger partial charge in [-0.3, -0.25) is 44.3 Å². The SMILES string of the molecule is CC(C)(c1ccn(-c2[c-]cccc2)n1)c1ccn(-c2[c-]cccc2)n1.Cc1cccc(C)c1-n1ccnc1-c1[c-]cccc1.Cc1cccc(C)c1-n1ccnc1-c1[c-]cccc1.Cc1nc(-c2[c-]cccc2)cn1C.Cn1cc(C(C)(C)c2cn(C)c(-c3[c-]cccc3)n2)nc1-c1[c-]cccc1.Cn1ccnc1-c1[c-]cc(F)nc1F.[CH3][Sn]([CH3])([CH3])[c]1ccccc1[N+]1=NC=CC1.[Cl-].[Cl][Zn+].[Li+].[Li+].[Li+].[Li+].[Mg+2].[Zn+][Br].[Zn+][I]. The molecule has 0 atom stereocenters. The van der Waals surface area contributed by atoms with Crippen LogP contribution >= 0.6 is 43.1 Å². The molecule has 696 valence electrons. The van der Waals surface area contributed by atoms with Crippen molar-refractivity contribution in [2.75, 3.05) is 6.54 Å². The van der Waals surface area contributed by atoms with E-state index in [1.807, 2.05) is 274 Å². The van der Waals surface area contributed by atoms with E-state index >= 15 is 0 Å². The first-order valence-corrected chi connectivity index (χ1v) is 74.0. The number of nitrogens with zero attached hydrogens (tertiary/aromatic N) is 19.